The third-order valence-corrected chi connectivity index (χ3v) is 2.00. The Bertz CT molecular complexity index is 145. The van der Waals surface area contributed by atoms with Crippen molar-refractivity contribution in [3.8, 4) is 0 Å². The van der Waals surface area contributed by atoms with Crippen LogP contribution < -0.4 is 0 Å². The molecule has 12 heavy (non-hydrogen) atoms. The highest BCUT2D eigenvalue weighted by molar-refractivity contribution is 5.57. The SMILES string of the molecule is C/C=C/CCCCC(C)(C)C=O. The van der Waals surface area contributed by atoms with Gasteiger partial charge < -0.3 is 4.79 Å². The van der Waals surface area contributed by atoms with Crippen LogP contribution in [0.1, 0.15) is 46.5 Å². The average molecular weight is 168 g/mol. The fourth-order valence-corrected chi connectivity index (χ4v) is 1.07. The Morgan fingerprint density at radius 1 is 1.25 bits per heavy atom. The maximum absolute atomic E-state index is 10.5. The quantitative estimate of drug-likeness (QED) is 0.338. The lowest BCUT2D eigenvalue weighted by atomic mass is 9.89. The minimum absolute atomic E-state index is 0.115. The molecule has 0 unspecified atom stereocenters. The highest BCUT2D eigenvalue weighted by atomic mass is 16.1. The Labute approximate surface area is 75.9 Å². The number of hydrogen-bond donors (Lipinski definition) is 0. The van der Waals surface area contributed by atoms with E-state index in [-0.39, 0.29) is 5.41 Å². The van der Waals surface area contributed by atoms with E-state index in [9.17, 15) is 4.79 Å². The van der Waals surface area contributed by atoms with Gasteiger partial charge in [0.25, 0.3) is 0 Å². The molecule has 1 nitrogen and oxygen atoms in total. The van der Waals surface area contributed by atoms with Gasteiger partial charge in [-0.25, -0.2) is 0 Å². The van der Waals surface area contributed by atoms with E-state index in [0.29, 0.717) is 0 Å². The first-order chi connectivity index (χ1) is 5.62. The lowest BCUT2D eigenvalue weighted by Gasteiger charge is -2.15. The number of rotatable bonds is 6. The topological polar surface area (TPSA) is 17.1 Å². The summed E-state index contributed by atoms with van der Waals surface area (Å²) in [6.07, 6.45) is 9.80. The van der Waals surface area contributed by atoms with Crippen LogP contribution in [0, 0.1) is 5.41 Å². The largest absolute Gasteiger partial charge is 0.303 e. The van der Waals surface area contributed by atoms with Crippen molar-refractivity contribution in [2.75, 3.05) is 0 Å². The molecule has 0 heterocycles. The van der Waals surface area contributed by atoms with Gasteiger partial charge in [0.1, 0.15) is 6.29 Å². The van der Waals surface area contributed by atoms with Gasteiger partial charge in [-0.05, 0) is 26.2 Å². The number of carbonyl (C=O) groups is 1. The maximum atomic E-state index is 10.5. The molecule has 0 aromatic rings. The first kappa shape index (κ1) is 11.4. The summed E-state index contributed by atoms with van der Waals surface area (Å²) in [7, 11) is 0. The molecule has 0 radical (unpaired) electrons. The Hall–Kier alpha value is -0.590. The summed E-state index contributed by atoms with van der Waals surface area (Å²) in [6, 6.07) is 0. The van der Waals surface area contributed by atoms with Gasteiger partial charge in [-0.15, -0.1) is 0 Å². The molecule has 0 bridgehead atoms. The molecule has 0 rings (SSSR count). The minimum atomic E-state index is -0.115. The van der Waals surface area contributed by atoms with Gasteiger partial charge in [-0.1, -0.05) is 32.4 Å². The highest BCUT2D eigenvalue weighted by Gasteiger charge is 2.14. The van der Waals surface area contributed by atoms with Gasteiger partial charge in [-0.2, -0.15) is 0 Å². The van der Waals surface area contributed by atoms with E-state index in [0.717, 1.165) is 25.5 Å². The van der Waals surface area contributed by atoms with Gasteiger partial charge in [-0.3, -0.25) is 0 Å². The van der Waals surface area contributed by atoms with Crippen molar-refractivity contribution in [2.45, 2.75) is 46.5 Å². The van der Waals surface area contributed by atoms with E-state index in [1.54, 1.807) is 0 Å². The van der Waals surface area contributed by atoms with Crippen LogP contribution >= 0.6 is 0 Å². The summed E-state index contributed by atoms with van der Waals surface area (Å²) in [6.45, 7) is 6.03. The van der Waals surface area contributed by atoms with Crippen molar-refractivity contribution < 1.29 is 4.79 Å². The standard InChI is InChI=1S/C11H20O/c1-4-5-6-7-8-9-11(2,3)10-12/h4-5,10H,6-9H2,1-3H3/b5-4+. The second kappa shape index (κ2) is 5.99. The molecule has 0 saturated heterocycles. The molecule has 0 aromatic carbocycles. The zero-order valence-corrected chi connectivity index (χ0v) is 8.47. The third-order valence-electron chi connectivity index (χ3n) is 2.00. The van der Waals surface area contributed by atoms with Crippen LogP contribution in [0.5, 0.6) is 0 Å². The summed E-state index contributed by atoms with van der Waals surface area (Å²) >= 11 is 0. The number of hydrogen-bond acceptors (Lipinski definition) is 1. The fraction of sp³-hybridized carbons (Fsp3) is 0.727. The second-order valence-electron chi connectivity index (χ2n) is 3.92. The molecule has 1 heteroatoms. The molecule has 0 aromatic heterocycles. The van der Waals surface area contributed by atoms with Crippen LogP contribution in [0.25, 0.3) is 0 Å². The first-order valence-electron chi connectivity index (χ1n) is 4.70. The van der Waals surface area contributed by atoms with E-state index in [2.05, 4.69) is 12.2 Å². The predicted molar refractivity (Wildman–Crippen MR) is 53.1 cm³/mol. The van der Waals surface area contributed by atoms with Crippen LogP contribution in [0.15, 0.2) is 12.2 Å². The van der Waals surface area contributed by atoms with Crippen molar-refractivity contribution in [1.29, 1.82) is 0 Å². The normalized spacial score (nSPS) is 12.2. The lowest BCUT2D eigenvalue weighted by molar-refractivity contribution is -0.115. The molecule has 0 spiro atoms. The molecule has 0 aliphatic rings. The monoisotopic (exact) mass is 168 g/mol. The van der Waals surface area contributed by atoms with E-state index in [1.807, 2.05) is 20.8 Å². The summed E-state index contributed by atoms with van der Waals surface area (Å²) in [4.78, 5) is 10.5. The van der Waals surface area contributed by atoms with E-state index in [1.165, 1.54) is 6.42 Å². The van der Waals surface area contributed by atoms with Crippen LogP contribution in [-0.4, -0.2) is 6.29 Å². The third kappa shape index (κ3) is 6.14. The zero-order chi connectivity index (χ0) is 9.45. The second-order valence-corrected chi connectivity index (χ2v) is 3.92. The zero-order valence-electron chi connectivity index (χ0n) is 8.47. The number of aldehydes is 1. The Kier molecular flexibility index (Phi) is 5.69. The molecule has 0 N–H and O–H groups in total. The van der Waals surface area contributed by atoms with Crippen molar-refractivity contribution in [3.05, 3.63) is 12.2 Å². The van der Waals surface area contributed by atoms with Crippen LogP contribution in [0.2, 0.25) is 0 Å². The summed E-state index contributed by atoms with van der Waals surface area (Å²) in [5, 5.41) is 0. The lowest BCUT2D eigenvalue weighted by Crippen LogP contribution is -2.12. The van der Waals surface area contributed by atoms with Gasteiger partial charge in [0.05, 0.1) is 0 Å². The van der Waals surface area contributed by atoms with Crippen LogP contribution in [0.3, 0.4) is 0 Å². The summed E-state index contributed by atoms with van der Waals surface area (Å²) < 4.78 is 0. The first-order valence-corrected chi connectivity index (χ1v) is 4.70. The van der Waals surface area contributed by atoms with Gasteiger partial charge in [0, 0.05) is 5.41 Å². The van der Waals surface area contributed by atoms with Crippen molar-refractivity contribution in [3.63, 3.8) is 0 Å². The highest BCUT2D eigenvalue weighted by Crippen LogP contribution is 2.20. The molecule has 70 valence electrons. The van der Waals surface area contributed by atoms with E-state index >= 15 is 0 Å². The number of allylic oxidation sites excluding steroid dienone is 2. The van der Waals surface area contributed by atoms with Crippen molar-refractivity contribution in [1.82, 2.24) is 0 Å². The molecule has 0 aliphatic heterocycles. The molecular weight excluding hydrogens is 148 g/mol. The molecule has 0 fully saturated rings. The predicted octanol–water partition coefficient (Wildman–Crippen LogP) is 3.35. The van der Waals surface area contributed by atoms with E-state index < -0.39 is 0 Å². The molecule has 0 atom stereocenters. The molecule has 0 amide bonds. The Morgan fingerprint density at radius 3 is 2.42 bits per heavy atom. The van der Waals surface area contributed by atoms with Crippen LogP contribution in [-0.2, 0) is 4.79 Å². The molecule has 0 aliphatic carbocycles. The number of unbranched alkanes of at least 4 members (excludes halogenated alkanes) is 2. The smallest absolute Gasteiger partial charge is 0.125 e. The summed E-state index contributed by atoms with van der Waals surface area (Å²) in [5.41, 5.74) is -0.115. The van der Waals surface area contributed by atoms with Gasteiger partial charge >= 0.3 is 0 Å². The maximum Gasteiger partial charge on any atom is 0.125 e. The van der Waals surface area contributed by atoms with Crippen molar-refractivity contribution >= 4 is 6.29 Å². The minimum Gasteiger partial charge on any atom is -0.303 e. The molecular formula is C11H20O. The van der Waals surface area contributed by atoms with E-state index in [4.69, 9.17) is 0 Å². The van der Waals surface area contributed by atoms with Gasteiger partial charge in [0.2, 0.25) is 0 Å². The molecule has 0 saturated carbocycles. The Morgan fingerprint density at radius 2 is 1.92 bits per heavy atom. The van der Waals surface area contributed by atoms with Gasteiger partial charge in [0.15, 0.2) is 0 Å². The van der Waals surface area contributed by atoms with Crippen molar-refractivity contribution in [2.24, 2.45) is 5.41 Å². The average Bonchev–Trinajstić information content (AvgIpc) is 2.04. The Balaban J connectivity index is 3.36. The number of carbonyl (C=O) groups excluding carboxylic acids is 1. The van der Waals surface area contributed by atoms with Crippen LogP contribution in [0.4, 0.5) is 0 Å². The summed E-state index contributed by atoms with van der Waals surface area (Å²) in [5.74, 6) is 0. The fourth-order valence-electron chi connectivity index (χ4n) is 1.07.